The largest absolute Gasteiger partial charge is 0.477 e. The third kappa shape index (κ3) is 3.17. The topological polar surface area (TPSA) is 85.5 Å². The predicted octanol–water partition coefficient (Wildman–Crippen LogP) is 0.793. The van der Waals surface area contributed by atoms with Crippen molar-refractivity contribution in [1.82, 2.24) is 5.32 Å². The molecule has 16 heavy (non-hydrogen) atoms. The van der Waals surface area contributed by atoms with Crippen molar-refractivity contribution in [3.05, 3.63) is 12.2 Å². The van der Waals surface area contributed by atoms with Crippen LogP contribution in [0.2, 0.25) is 0 Å². The van der Waals surface area contributed by atoms with Gasteiger partial charge in [-0.25, -0.2) is 4.79 Å². The van der Waals surface area contributed by atoms with Gasteiger partial charge in [-0.2, -0.15) is 5.26 Å². The van der Waals surface area contributed by atoms with E-state index in [0.29, 0.717) is 12.5 Å². The molecule has 0 aliphatic carbocycles. The first kappa shape index (κ1) is 12.4. The van der Waals surface area contributed by atoms with Crippen LogP contribution in [0.15, 0.2) is 17.1 Å². The summed E-state index contributed by atoms with van der Waals surface area (Å²) in [5.41, 5.74) is -0.00671. The Hall–Kier alpha value is -1.67. The lowest BCUT2D eigenvalue weighted by Gasteiger charge is -2.21. The molecule has 0 saturated heterocycles. The van der Waals surface area contributed by atoms with E-state index in [1.54, 1.807) is 6.08 Å². The second-order valence-electron chi connectivity index (χ2n) is 4.08. The summed E-state index contributed by atoms with van der Waals surface area (Å²) >= 11 is 0. The summed E-state index contributed by atoms with van der Waals surface area (Å²) < 4.78 is 0. The van der Waals surface area contributed by atoms with Gasteiger partial charge in [0.1, 0.15) is 17.8 Å². The molecule has 2 atom stereocenters. The molecule has 0 aromatic carbocycles. The molecule has 0 saturated carbocycles. The standard InChI is InChI=1S/C11H15N3O2/c1-7(2)6-13-10-8(5-12)3-4-9(14-10)11(15)16/h3-4,7-8,10,13H,6H2,1-2H3,(H,15,16). The van der Waals surface area contributed by atoms with Gasteiger partial charge in [-0.1, -0.05) is 19.9 Å². The van der Waals surface area contributed by atoms with Crippen LogP contribution in [-0.4, -0.2) is 29.5 Å². The molecular formula is C11H15N3O2. The fraction of sp³-hybridized carbons (Fsp3) is 0.545. The number of carboxylic acids is 1. The van der Waals surface area contributed by atoms with Gasteiger partial charge in [0.25, 0.3) is 0 Å². The highest BCUT2D eigenvalue weighted by atomic mass is 16.4. The summed E-state index contributed by atoms with van der Waals surface area (Å²) in [5, 5.41) is 20.8. The Bertz CT molecular complexity index is 366. The Morgan fingerprint density at radius 2 is 2.44 bits per heavy atom. The van der Waals surface area contributed by atoms with Crippen molar-refractivity contribution in [3.63, 3.8) is 0 Å². The first-order chi connectivity index (χ1) is 7.54. The SMILES string of the molecule is CC(C)CNC1N=C(C(=O)O)C=CC1C#N. The third-order valence-corrected chi connectivity index (χ3v) is 2.18. The maximum atomic E-state index is 10.7. The van der Waals surface area contributed by atoms with Crippen molar-refractivity contribution in [3.8, 4) is 6.07 Å². The van der Waals surface area contributed by atoms with Crippen LogP contribution in [0, 0.1) is 23.2 Å². The molecule has 1 aliphatic rings. The first-order valence-corrected chi connectivity index (χ1v) is 5.17. The number of dihydropyridines is 1. The van der Waals surface area contributed by atoms with Crippen LogP contribution in [0.4, 0.5) is 0 Å². The van der Waals surface area contributed by atoms with E-state index in [0.717, 1.165) is 0 Å². The monoisotopic (exact) mass is 221 g/mol. The predicted molar refractivity (Wildman–Crippen MR) is 59.9 cm³/mol. The van der Waals surface area contributed by atoms with Gasteiger partial charge in [-0.05, 0) is 18.5 Å². The zero-order valence-corrected chi connectivity index (χ0v) is 9.34. The summed E-state index contributed by atoms with van der Waals surface area (Å²) in [7, 11) is 0. The zero-order chi connectivity index (χ0) is 12.1. The van der Waals surface area contributed by atoms with Crippen LogP contribution < -0.4 is 5.32 Å². The summed E-state index contributed by atoms with van der Waals surface area (Å²) in [4.78, 5) is 14.7. The molecule has 0 amide bonds. The highest BCUT2D eigenvalue weighted by molar-refractivity contribution is 6.40. The number of nitrogens with one attached hydrogen (secondary N) is 1. The molecule has 0 aromatic heterocycles. The maximum Gasteiger partial charge on any atom is 0.354 e. The Morgan fingerprint density at radius 3 is 2.94 bits per heavy atom. The van der Waals surface area contributed by atoms with Gasteiger partial charge in [-0.15, -0.1) is 0 Å². The molecule has 2 N–H and O–H groups in total. The fourth-order valence-electron chi connectivity index (χ4n) is 1.34. The smallest absolute Gasteiger partial charge is 0.354 e. The molecule has 0 spiro atoms. The van der Waals surface area contributed by atoms with E-state index in [9.17, 15) is 4.79 Å². The molecule has 0 fully saturated rings. The normalized spacial score (nSPS) is 24.0. The van der Waals surface area contributed by atoms with Crippen LogP contribution in [0.3, 0.4) is 0 Å². The summed E-state index contributed by atoms with van der Waals surface area (Å²) in [6, 6.07) is 2.09. The van der Waals surface area contributed by atoms with Crippen molar-refractivity contribution < 1.29 is 9.90 Å². The number of nitriles is 1. The van der Waals surface area contributed by atoms with Crippen LogP contribution in [0.1, 0.15) is 13.8 Å². The fourth-order valence-corrected chi connectivity index (χ4v) is 1.34. The second-order valence-corrected chi connectivity index (χ2v) is 4.08. The number of hydrogen-bond donors (Lipinski definition) is 2. The molecule has 0 bridgehead atoms. The summed E-state index contributed by atoms with van der Waals surface area (Å²) in [6.45, 7) is 4.77. The molecule has 0 aromatic rings. The summed E-state index contributed by atoms with van der Waals surface area (Å²) in [6.07, 6.45) is 2.50. The van der Waals surface area contributed by atoms with Crippen LogP contribution in [-0.2, 0) is 4.79 Å². The summed E-state index contributed by atoms with van der Waals surface area (Å²) in [5.74, 6) is -1.04. The van der Waals surface area contributed by atoms with Gasteiger partial charge in [-0.3, -0.25) is 10.3 Å². The molecule has 1 aliphatic heterocycles. The quantitative estimate of drug-likeness (QED) is 0.735. The van der Waals surface area contributed by atoms with E-state index in [2.05, 4.69) is 16.4 Å². The number of rotatable bonds is 4. The highest BCUT2D eigenvalue weighted by Gasteiger charge is 2.23. The zero-order valence-electron chi connectivity index (χ0n) is 9.34. The van der Waals surface area contributed by atoms with Crippen molar-refractivity contribution in [2.45, 2.75) is 20.0 Å². The van der Waals surface area contributed by atoms with E-state index in [4.69, 9.17) is 10.4 Å². The minimum atomic E-state index is -1.07. The Balaban J connectivity index is 2.74. The van der Waals surface area contributed by atoms with Gasteiger partial charge in [0, 0.05) is 0 Å². The van der Waals surface area contributed by atoms with E-state index >= 15 is 0 Å². The van der Waals surface area contributed by atoms with Gasteiger partial charge in [0.05, 0.1) is 6.07 Å². The Labute approximate surface area is 94.5 Å². The van der Waals surface area contributed by atoms with Gasteiger partial charge < -0.3 is 5.11 Å². The van der Waals surface area contributed by atoms with Crippen LogP contribution >= 0.6 is 0 Å². The molecular weight excluding hydrogens is 206 g/mol. The van der Waals surface area contributed by atoms with E-state index in [1.807, 2.05) is 13.8 Å². The number of nitrogens with zero attached hydrogens (tertiary/aromatic N) is 2. The molecule has 2 unspecified atom stereocenters. The average molecular weight is 221 g/mol. The van der Waals surface area contributed by atoms with Gasteiger partial charge in [0.2, 0.25) is 0 Å². The van der Waals surface area contributed by atoms with Gasteiger partial charge in [0.15, 0.2) is 0 Å². The lowest BCUT2D eigenvalue weighted by molar-refractivity contribution is -0.129. The van der Waals surface area contributed by atoms with Crippen LogP contribution in [0.5, 0.6) is 0 Å². The van der Waals surface area contributed by atoms with Crippen molar-refractivity contribution >= 4 is 11.7 Å². The Morgan fingerprint density at radius 1 is 1.75 bits per heavy atom. The molecule has 86 valence electrons. The minimum Gasteiger partial charge on any atom is -0.477 e. The Kier molecular flexibility index (Phi) is 4.20. The number of aliphatic imine (C=N–C) groups is 1. The van der Waals surface area contributed by atoms with E-state index in [-0.39, 0.29) is 5.71 Å². The van der Waals surface area contributed by atoms with E-state index in [1.165, 1.54) is 6.08 Å². The molecule has 1 heterocycles. The van der Waals surface area contributed by atoms with Crippen LogP contribution in [0.25, 0.3) is 0 Å². The van der Waals surface area contributed by atoms with Crippen molar-refractivity contribution in [2.24, 2.45) is 16.8 Å². The first-order valence-electron chi connectivity index (χ1n) is 5.17. The van der Waals surface area contributed by atoms with Crippen molar-refractivity contribution in [2.75, 3.05) is 6.54 Å². The lowest BCUT2D eigenvalue weighted by atomic mass is 10.0. The molecule has 0 radical (unpaired) electrons. The lowest BCUT2D eigenvalue weighted by Crippen LogP contribution is -2.38. The molecule has 5 nitrogen and oxygen atoms in total. The maximum absolute atomic E-state index is 10.7. The number of aliphatic carboxylic acids is 1. The number of hydrogen-bond acceptors (Lipinski definition) is 4. The second kappa shape index (κ2) is 5.42. The number of carbonyl (C=O) groups is 1. The minimum absolute atomic E-state index is 0.00671. The van der Waals surface area contributed by atoms with Gasteiger partial charge >= 0.3 is 5.97 Å². The number of carboxylic acid groups (broad SMARTS) is 1. The van der Waals surface area contributed by atoms with Crippen molar-refractivity contribution in [1.29, 1.82) is 5.26 Å². The third-order valence-electron chi connectivity index (χ3n) is 2.18. The molecule has 5 heteroatoms. The molecule has 1 rings (SSSR count). The highest BCUT2D eigenvalue weighted by Crippen LogP contribution is 2.12. The van der Waals surface area contributed by atoms with E-state index < -0.39 is 18.1 Å². The average Bonchev–Trinajstić information content (AvgIpc) is 2.25.